The summed E-state index contributed by atoms with van der Waals surface area (Å²) in [5, 5.41) is 6.75. The Kier molecular flexibility index (Phi) is 5.40. The van der Waals surface area contributed by atoms with Gasteiger partial charge in [0.15, 0.2) is 0 Å². The minimum absolute atomic E-state index is 0.115. The summed E-state index contributed by atoms with van der Waals surface area (Å²) in [6, 6.07) is 3.81. The Bertz CT molecular complexity index is 738. The third-order valence-electron chi connectivity index (χ3n) is 5.11. The molecule has 0 aromatic carbocycles. The predicted octanol–water partition coefficient (Wildman–Crippen LogP) is 2.14. The van der Waals surface area contributed by atoms with Crippen LogP contribution in [0, 0.1) is 0 Å². The molecule has 0 bridgehead atoms. The lowest BCUT2D eigenvalue weighted by Gasteiger charge is -2.34. The predicted molar refractivity (Wildman–Crippen MR) is 95.5 cm³/mol. The van der Waals surface area contributed by atoms with Gasteiger partial charge in [-0.1, -0.05) is 13.3 Å². The van der Waals surface area contributed by atoms with Crippen molar-refractivity contribution in [1.29, 1.82) is 0 Å². The molecule has 1 aliphatic rings. The maximum Gasteiger partial charge on any atom is 0.343 e. The number of nitrogens with zero attached hydrogens (tertiary/aromatic N) is 4. The van der Waals surface area contributed by atoms with E-state index >= 15 is 0 Å². The minimum atomic E-state index is -0.147. The van der Waals surface area contributed by atoms with Crippen LogP contribution >= 0.6 is 0 Å². The number of likely N-dealkylation sites (tertiary alicyclic amines) is 1. The zero-order valence-electron chi connectivity index (χ0n) is 15.0. The van der Waals surface area contributed by atoms with Gasteiger partial charge in [-0.25, -0.2) is 9.89 Å². The molecular formula is C18H27N5O2. The van der Waals surface area contributed by atoms with E-state index in [1.807, 2.05) is 40.9 Å². The van der Waals surface area contributed by atoms with E-state index < -0.39 is 0 Å². The van der Waals surface area contributed by atoms with Gasteiger partial charge in [-0.05, 0) is 38.3 Å². The molecule has 0 radical (unpaired) electrons. The highest BCUT2D eigenvalue weighted by atomic mass is 16.2. The van der Waals surface area contributed by atoms with Crippen LogP contribution in [-0.2, 0) is 11.3 Å². The number of nitrogens with one attached hydrogen (secondary N) is 1. The monoisotopic (exact) mass is 345 g/mol. The number of H-pyrrole nitrogens is 1. The molecule has 1 atom stereocenters. The molecule has 2 aromatic rings. The molecule has 3 heterocycles. The lowest BCUT2D eigenvalue weighted by atomic mass is 9.95. The van der Waals surface area contributed by atoms with Gasteiger partial charge in [0.05, 0.1) is 0 Å². The fourth-order valence-electron chi connectivity index (χ4n) is 3.75. The molecule has 0 aliphatic carbocycles. The smallest absolute Gasteiger partial charge is 0.342 e. The summed E-state index contributed by atoms with van der Waals surface area (Å²) < 4.78 is 3.71. The summed E-state index contributed by atoms with van der Waals surface area (Å²) in [5.74, 6) is 1.26. The van der Waals surface area contributed by atoms with Crippen LogP contribution < -0.4 is 5.69 Å². The molecule has 1 amide bonds. The van der Waals surface area contributed by atoms with Gasteiger partial charge in [0.1, 0.15) is 11.9 Å². The summed E-state index contributed by atoms with van der Waals surface area (Å²) >= 11 is 0. The summed E-state index contributed by atoms with van der Waals surface area (Å²) in [7, 11) is 0. The molecule has 1 aliphatic heterocycles. The molecule has 1 N–H and O–H groups in total. The lowest BCUT2D eigenvalue weighted by molar-refractivity contribution is -0.136. The first-order valence-electron chi connectivity index (χ1n) is 9.22. The largest absolute Gasteiger partial charge is 0.343 e. The first-order valence-corrected chi connectivity index (χ1v) is 9.22. The van der Waals surface area contributed by atoms with Crippen molar-refractivity contribution in [3.8, 4) is 0 Å². The van der Waals surface area contributed by atoms with E-state index in [1.165, 1.54) is 0 Å². The SMILES string of the molecule is CCC[C@H](C(=O)N1CCC(c2n[nH]c(=O)n2CC)CC1)n1cccc1. The highest BCUT2D eigenvalue weighted by Crippen LogP contribution is 2.28. The number of amides is 1. The van der Waals surface area contributed by atoms with Crippen LogP contribution in [-0.4, -0.2) is 43.2 Å². The fraction of sp³-hybridized carbons (Fsp3) is 0.611. The highest BCUT2D eigenvalue weighted by Gasteiger charge is 2.30. The van der Waals surface area contributed by atoms with Gasteiger partial charge in [-0.2, -0.15) is 5.10 Å². The van der Waals surface area contributed by atoms with Gasteiger partial charge in [-0.15, -0.1) is 0 Å². The van der Waals surface area contributed by atoms with Crippen molar-refractivity contribution in [3.63, 3.8) is 0 Å². The van der Waals surface area contributed by atoms with Crippen molar-refractivity contribution in [2.75, 3.05) is 13.1 Å². The fourth-order valence-corrected chi connectivity index (χ4v) is 3.75. The van der Waals surface area contributed by atoms with Crippen molar-refractivity contribution in [3.05, 3.63) is 40.8 Å². The Morgan fingerprint density at radius 3 is 2.56 bits per heavy atom. The number of carbonyl (C=O) groups is 1. The Morgan fingerprint density at radius 1 is 1.28 bits per heavy atom. The molecule has 25 heavy (non-hydrogen) atoms. The number of carbonyl (C=O) groups excluding carboxylic acids is 1. The first kappa shape index (κ1) is 17.5. The van der Waals surface area contributed by atoms with E-state index in [4.69, 9.17) is 0 Å². The molecule has 0 saturated carbocycles. The summed E-state index contributed by atoms with van der Waals surface area (Å²) in [6.07, 6.45) is 7.45. The number of aromatic amines is 1. The number of hydrogen-bond donors (Lipinski definition) is 1. The van der Waals surface area contributed by atoms with Gasteiger partial charge in [0.2, 0.25) is 5.91 Å². The maximum atomic E-state index is 13.0. The zero-order chi connectivity index (χ0) is 17.8. The van der Waals surface area contributed by atoms with Crippen LogP contribution in [0.4, 0.5) is 0 Å². The highest BCUT2D eigenvalue weighted by molar-refractivity contribution is 5.80. The Labute approximate surface area is 147 Å². The standard InChI is InChI=1S/C18H27N5O2/c1-3-7-15(21-10-5-6-11-21)17(24)22-12-8-14(9-13-22)16-19-20-18(25)23(16)4-2/h5-6,10-11,14-15H,3-4,7-9,12-13H2,1-2H3,(H,20,25)/t15-/m1/s1. The van der Waals surface area contributed by atoms with Crippen LogP contribution in [0.25, 0.3) is 0 Å². The van der Waals surface area contributed by atoms with Gasteiger partial charge >= 0.3 is 5.69 Å². The van der Waals surface area contributed by atoms with Crippen LogP contribution in [0.3, 0.4) is 0 Å². The third kappa shape index (κ3) is 3.55. The molecule has 3 rings (SSSR count). The van der Waals surface area contributed by atoms with E-state index in [-0.39, 0.29) is 23.6 Å². The van der Waals surface area contributed by atoms with Crippen molar-refractivity contribution in [2.45, 2.75) is 58.0 Å². The first-order chi connectivity index (χ1) is 12.2. The van der Waals surface area contributed by atoms with Crippen LogP contribution in [0.5, 0.6) is 0 Å². The van der Waals surface area contributed by atoms with Crippen molar-refractivity contribution < 1.29 is 4.79 Å². The molecule has 0 unspecified atom stereocenters. The lowest BCUT2D eigenvalue weighted by Crippen LogP contribution is -2.42. The number of aromatic nitrogens is 4. The van der Waals surface area contributed by atoms with Crippen molar-refractivity contribution in [1.82, 2.24) is 24.2 Å². The number of piperidine rings is 1. The second kappa shape index (κ2) is 7.72. The van der Waals surface area contributed by atoms with Gasteiger partial charge in [0, 0.05) is 37.9 Å². The molecule has 2 aromatic heterocycles. The molecule has 7 heteroatoms. The Hall–Kier alpha value is -2.31. The molecular weight excluding hydrogens is 318 g/mol. The average molecular weight is 345 g/mol. The van der Waals surface area contributed by atoms with Crippen molar-refractivity contribution >= 4 is 5.91 Å². The summed E-state index contributed by atoms with van der Waals surface area (Å²) in [6.45, 7) is 6.12. The van der Waals surface area contributed by atoms with Crippen molar-refractivity contribution in [2.24, 2.45) is 0 Å². The van der Waals surface area contributed by atoms with E-state index in [0.29, 0.717) is 6.54 Å². The second-order valence-corrected chi connectivity index (χ2v) is 6.67. The van der Waals surface area contributed by atoms with Crippen LogP contribution in [0.2, 0.25) is 0 Å². The van der Waals surface area contributed by atoms with Gasteiger partial charge < -0.3 is 9.47 Å². The molecule has 136 valence electrons. The minimum Gasteiger partial charge on any atom is -0.342 e. The second-order valence-electron chi connectivity index (χ2n) is 6.67. The van der Waals surface area contributed by atoms with Gasteiger partial charge in [0.25, 0.3) is 0 Å². The molecule has 1 fully saturated rings. The summed E-state index contributed by atoms with van der Waals surface area (Å²) in [5.41, 5.74) is -0.147. The normalized spacial score (nSPS) is 17.0. The molecule has 0 spiro atoms. The Morgan fingerprint density at radius 2 is 1.96 bits per heavy atom. The van der Waals surface area contributed by atoms with E-state index in [0.717, 1.165) is 44.6 Å². The third-order valence-corrected chi connectivity index (χ3v) is 5.11. The van der Waals surface area contributed by atoms with Gasteiger partial charge in [-0.3, -0.25) is 9.36 Å². The Balaban J connectivity index is 1.67. The van der Waals surface area contributed by atoms with E-state index in [1.54, 1.807) is 4.57 Å². The van der Waals surface area contributed by atoms with Crippen LogP contribution in [0.1, 0.15) is 57.3 Å². The van der Waals surface area contributed by atoms with E-state index in [2.05, 4.69) is 17.1 Å². The quantitative estimate of drug-likeness (QED) is 0.871. The topological polar surface area (TPSA) is 75.9 Å². The maximum absolute atomic E-state index is 13.0. The average Bonchev–Trinajstić information content (AvgIpc) is 3.29. The van der Waals surface area contributed by atoms with E-state index in [9.17, 15) is 9.59 Å². The molecule has 1 saturated heterocycles. The zero-order valence-corrected chi connectivity index (χ0v) is 15.0. The molecule has 7 nitrogen and oxygen atoms in total. The summed E-state index contributed by atoms with van der Waals surface area (Å²) in [4.78, 5) is 26.7. The van der Waals surface area contributed by atoms with Crippen LogP contribution in [0.15, 0.2) is 29.3 Å². The number of rotatable bonds is 6. The number of hydrogen-bond acceptors (Lipinski definition) is 3.